The van der Waals surface area contributed by atoms with Crippen molar-refractivity contribution in [2.75, 3.05) is 0 Å². The Hall–Kier alpha value is -0.650. The third-order valence-electron chi connectivity index (χ3n) is 1.53. The minimum atomic E-state index is -2.95. The summed E-state index contributed by atoms with van der Waals surface area (Å²) in [6.45, 7) is 3.37. The highest BCUT2D eigenvalue weighted by Crippen LogP contribution is 2.12. The van der Waals surface area contributed by atoms with E-state index in [-0.39, 0.29) is 12.8 Å². The molecule has 0 bridgehead atoms. The van der Waals surface area contributed by atoms with Crippen molar-refractivity contribution in [2.24, 2.45) is 0 Å². The predicted molar refractivity (Wildman–Crippen MR) is 44.5 cm³/mol. The Morgan fingerprint density at radius 1 is 1.38 bits per heavy atom. The molecule has 0 aromatic heterocycles. The van der Waals surface area contributed by atoms with Crippen LogP contribution in [0.1, 0.15) is 33.1 Å². The summed E-state index contributed by atoms with van der Waals surface area (Å²) in [7, 11) is 0. The number of hydrogen-bond donors (Lipinski definition) is 3. The number of carbonyl (C=O) groups excluding carboxylic acids is 1. The Morgan fingerprint density at radius 2 is 1.92 bits per heavy atom. The highest BCUT2D eigenvalue weighted by Gasteiger charge is 2.33. The second-order valence-electron chi connectivity index (χ2n) is 2.82. The SMILES string of the molecule is CCCC(=O)OC(CC)C(O)(O)O. The smallest absolute Gasteiger partial charge is 0.314 e. The summed E-state index contributed by atoms with van der Waals surface area (Å²) in [5.74, 6) is -3.49. The molecule has 0 aromatic rings. The van der Waals surface area contributed by atoms with E-state index in [0.717, 1.165) is 0 Å². The number of esters is 1. The highest BCUT2D eigenvalue weighted by molar-refractivity contribution is 5.69. The Bertz CT molecular complexity index is 160. The van der Waals surface area contributed by atoms with Crippen molar-refractivity contribution in [1.82, 2.24) is 0 Å². The Morgan fingerprint density at radius 3 is 2.23 bits per heavy atom. The third-order valence-corrected chi connectivity index (χ3v) is 1.53. The van der Waals surface area contributed by atoms with Crippen molar-refractivity contribution < 1.29 is 24.9 Å². The fourth-order valence-electron chi connectivity index (χ4n) is 0.858. The van der Waals surface area contributed by atoms with Gasteiger partial charge in [0.05, 0.1) is 0 Å². The standard InChI is InChI=1S/C8H16O5/c1-3-5-7(9)13-6(4-2)8(10,11)12/h6,10-12H,3-5H2,1-2H3. The Balaban J connectivity index is 4.06. The molecule has 5 nitrogen and oxygen atoms in total. The van der Waals surface area contributed by atoms with E-state index < -0.39 is 18.0 Å². The molecule has 0 saturated carbocycles. The van der Waals surface area contributed by atoms with E-state index in [1.54, 1.807) is 13.8 Å². The van der Waals surface area contributed by atoms with E-state index in [1.807, 2.05) is 0 Å². The molecular weight excluding hydrogens is 176 g/mol. The normalized spacial score (nSPS) is 13.9. The number of hydrogen-bond acceptors (Lipinski definition) is 5. The summed E-state index contributed by atoms with van der Waals surface area (Å²) in [6, 6.07) is 0. The summed E-state index contributed by atoms with van der Waals surface area (Å²) >= 11 is 0. The maximum Gasteiger partial charge on any atom is 0.314 e. The average molecular weight is 192 g/mol. The molecule has 0 fully saturated rings. The number of ether oxygens (including phenoxy) is 1. The minimum absolute atomic E-state index is 0.138. The topological polar surface area (TPSA) is 87.0 Å². The largest absolute Gasteiger partial charge is 0.454 e. The average Bonchev–Trinajstić information content (AvgIpc) is 1.98. The summed E-state index contributed by atoms with van der Waals surface area (Å²) in [5, 5.41) is 26.2. The lowest BCUT2D eigenvalue weighted by atomic mass is 10.2. The summed E-state index contributed by atoms with van der Waals surface area (Å²) in [4.78, 5) is 10.9. The van der Waals surface area contributed by atoms with Crippen molar-refractivity contribution in [3.63, 3.8) is 0 Å². The molecule has 3 N–H and O–H groups in total. The van der Waals surface area contributed by atoms with Crippen LogP contribution in [0.4, 0.5) is 0 Å². The maximum absolute atomic E-state index is 10.9. The molecule has 13 heavy (non-hydrogen) atoms. The van der Waals surface area contributed by atoms with E-state index in [1.165, 1.54) is 0 Å². The monoisotopic (exact) mass is 192 g/mol. The second-order valence-corrected chi connectivity index (χ2v) is 2.82. The van der Waals surface area contributed by atoms with Crippen molar-refractivity contribution in [2.45, 2.75) is 45.2 Å². The van der Waals surface area contributed by atoms with Gasteiger partial charge in [-0.05, 0) is 12.8 Å². The molecule has 5 heteroatoms. The van der Waals surface area contributed by atoms with Crippen LogP contribution >= 0.6 is 0 Å². The van der Waals surface area contributed by atoms with E-state index in [0.29, 0.717) is 6.42 Å². The molecule has 0 heterocycles. The van der Waals surface area contributed by atoms with Gasteiger partial charge in [0.15, 0.2) is 6.10 Å². The second kappa shape index (κ2) is 5.16. The summed E-state index contributed by atoms with van der Waals surface area (Å²) < 4.78 is 4.62. The minimum Gasteiger partial charge on any atom is -0.454 e. The fraction of sp³-hybridized carbons (Fsp3) is 0.875. The van der Waals surface area contributed by atoms with Gasteiger partial charge in [0.25, 0.3) is 0 Å². The van der Waals surface area contributed by atoms with E-state index in [4.69, 9.17) is 15.3 Å². The number of aliphatic hydroxyl groups is 3. The van der Waals surface area contributed by atoms with Gasteiger partial charge in [-0.3, -0.25) is 4.79 Å². The molecule has 0 amide bonds. The van der Waals surface area contributed by atoms with Gasteiger partial charge < -0.3 is 20.1 Å². The third kappa shape index (κ3) is 4.82. The van der Waals surface area contributed by atoms with Crippen LogP contribution < -0.4 is 0 Å². The first-order valence-corrected chi connectivity index (χ1v) is 4.28. The van der Waals surface area contributed by atoms with Crippen LogP contribution in [0.3, 0.4) is 0 Å². The van der Waals surface area contributed by atoms with Gasteiger partial charge in [0.1, 0.15) is 0 Å². The quantitative estimate of drug-likeness (QED) is 0.412. The first-order chi connectivity index (χ1) is 5.91. The van der Waals surface area contributed by atoms with Gasteiger partial charge >= 0.3 is 11.9 Å². The van der Waals surface area contributed by atoms with Crippen LogP contribution in [0, 0.1) is 0 Å². The lowest BCUT2D eigenvalue weighted by Crippen LogP contribution is -2.44. The Labute approximate surface area is 77.0 Å². The molecular formula is C8H16O5. The fourth-order valence-corrected chi connectivity index (χ4v) is 0.858. The molecule has 1 unspecified atom stereocenters. The van der Waals surface area contributed by atoms with Gasteiger partial charge in [-0.15, -0.1) is 0 Å². The molecule has 0 aromatic carbocycles. The molecule has 0 aliphatic carbocycles. The Kier molecular flexibility index (Phi) is 4.90. The van der Waals surface area contributed by atoms with Gasteiger partial charge in [0.2, 0.25) is 0 Å². The van der Waals surface area contributed by atoms with Crippen LogP contribution in [0.5, 0.6) is 0 Å². The molecule has 0 aliphatic rings. The molecule has 0 rings (SSSR count). The maximum atomic E-state index is 10.9. The van der Waals surface area contributed by atoms with Crippen LogP contribution in [-0.2, 0) is 9.53 Å². The van der Waals surface area contributed by atoms with Crippen molar-refractivity contribution in [3.05, 3.63) is 0 Å². The van der Waals surface area contributed by atoms with Crippen LogP contribution in [-0.4, -0.2) is 33.4 Å². The van der Waals surface area contributed by atoms with E-state index in [9.17, 15) is 4.79 Å². The van der Waals surface area contributed by atoms with Crippen molar-refractivity contribution >= 4 is 5.97 Å². The molecule has 1 atom stereocenters. The molecule has 0 radical (unpaired) electrons. The van der Waals surface area contributed by atoms with Gasteiger partial charge in [0, 0.05) is 6.42 Å². The number of rotatable bonds is 5. The molecule has 0 aliphatic heterocycles. The molecule has 0 spiro atoms. The zero-order chi connectivity index (χ0) is 10.5. The zero-order valence-corrected chi connectivity index (χ0v) is 7.86. The number of carbonyl (C=O) groups is 1. The van der Waals surface area contributed by atoms with Crippen molar-refractivity contribution in [1.29, 1.82) is 0 Å². The van der Waals surface area contributed by atoms with Crippen LogP contribution in [0.25, 0.3) is 0 Å². The van der Waals surface area contributed by atoms with Crippen molar-refractivity contribution in [3.8, 4) is 0 Å². The summed E-state index contributed by atoms with van der Waals surface area (Å²) in [5.41, 5.74) is 0. The molecule has 0 saturated heterocycles. The van der Waals surface area contributed by atoms with Gasteiger partial charge in [-0.1, -0.05) is 13.8 Å². The van der Waals surface area contributed by atoms with E-state index >= 15 is 0 Å². The zero-order valence-electron chi connectivity index (χ0n) is 7.86. The lowest BCUT2D eigenvalue weighted by molar-refractivity contribution is -0.356. The first-order valence-electron chi connectivity index (χ1n) is 4.28. The first kappa shape index (κ1) is 12.3. The highest BCUT2D eigenvalue weighted by atomic mass is 16.7. The predicted octanol–water partition coefficient (Wildman–Crippen LogP) is -0.261. The molecule has 78 valence electrons. The van der Waals surface area contributed by atoms with Gasteiger partial charge in [-0.25, -0.2) is 0 Å². The van der Waals surface area contributed by atoms with Crippen LogP contribution in [0.15, 0.2) is 0 Å². The lowest BCUT2D eigenvalue weighted by Gasteiger charge is -2.24. The van der Waals surface area contributed by atoms with Gasteiger partial charge in [-0.2, -0.15) is 0 Å². The van der Waals surface area contributed by atoms with Crippen LogP contribution in [0.2, 0.25) is 0 Å². The van der Waals surface area contributed by atoms with E-state index in [2.05, 4.69) is 4.74 Å². The summed E-state index contributed by atoms with van der Waals surface area (Å²) in [6.07, 6.45) is -0.331.